The van der Waals surface area contributed by atoms with E-state index in [0.717, 1.165) is 10.9 Å². The fourth-order valence-electron chi connectivity index (χ4n) is 3.13. The topological polar surface area (TPSA) is 80.3 Å². The van der Waals surface area contributed by atoms with Crippen LogP contribution in [0.15, 0.2) is 30.7 Å². The molecule has 0 bridgehead atoms. The summed E-state index contributed by atoms with van der Waals surface area (Å²) in [5.74, 6) is -0.0706. The minimum Gasteiger partial charge on any atom is -0.444 e. The summed E-state index contributed by atoms with van der Waals surface area (Å²) >= 11 is 0. The van der Waals surface area contributed by atoms with Gasteiger partial charge in [0.2, 0.25) is 5.88 Å². The third-order valence-corrected chi connectivity index (χ3v) is 4.43. The number of nitrogens with one attached hydrogen (secondary N) is 1. The van der Waals surface area contributed by atoms with Crippen LogP contribution in [-0.4, -0.2) is 38.1 Å². The van der Waals surface area contributed by atoms with E-state index in [4.69, 9.17) is 9.47 Å². The molecule has 1 aliphatic heterocycles. The third-order valence-electron chi connectivity index (χ3n) is 4.43. The molecule has 0 aliphatic carbocycles. The van der Waals surface area contributed by atoms with Crippen molar-refractivity contribution < 1.29 is 18.7 Å². The van der Waals surface area contributed by atoms with E-state index in [1.54, 1.807) is 17.2 Å². The zero-order valence-corrected chi connectivity index (χ0v) is 16.0. The van der Waals surface area contributed by atoms with E-state index in [9.17, 15) is 9.18 Å². The van der Waals surface area contributed by atoms with Crippen LogP contribution in [0.3, 0.4) is 0 Å². The normalized spacial score (nSPS) is 14.1. The highest BCUT2D eigenvalue weighted by molar-refractivity contribution is 5.81. The number of aromatic amines is 1. The number of H-pyrrole nitrogens is 1. The number of rotatable bonds is 2. The molecule has 4 rings (SSSR count). The molecule has 0 atom stereocenters. The number of carbonyl (C=O) groups excluding carboxylic acids is 1. The van der Waals surface area contributed by atoms with Crippen molar-refractivity contribution in [3.8, 4) is 11.6 Å². The van der Waals surface area contributed by atoms with Gasteiger partial charge in [0.1, 0.15) is 11.9 Å². The zero-order chi connectivity index (χ0) is 19.9. The Balaban J connectivity index is 1.57. The van der Waals surface area contributed by atoms with Gasteiger partial charge in [0.15, 0.2) is 11.6 Å². The van der Waals surface area contributed by atoms with Crippen LogP contribution in [0.4, 0.5) is 9.18 Å². The van der Waals surface area contributed by atoms with E-state index < -0.39 is 11.4 Å². The number of aromatic nitrogens is 3. The number of fused-ring (bicyclic) bond motifs is 2. The van der Waals surface area contributed by atoms with Gasteiger partial charge in [-0.05, 0) is 39.3 Å². The lowest BCUT2D eigenvalue weighted by Crippen LogP contribution is -2.40. The SMILES string of the molecule is CC(C)(C)OC(=O)N1CCc2c(ncnc2Oc2cc3cc[nH]c3cc2F)C1. The minimum atomic E-state index is -0.564. The summed E-state index contributed by atoms with van der Waals surface area (Å²) in [6.07, 6.45) is 3.22. The van der Waals surface area contributed by atoms with Gasteiger partial charge >= 0.3 is 6.09 Å². The number of nitrogens with zero attached hydrogens (tertiary/aromatic N) is 3. The molecule has 2 aromatic heterocycles. The average molecular weight is 384 g/mol. The highest BCUT2D eigenvalue weighted by Gasteiger charge is 2.28. The van der Waals surface area contributed by atoms with Crippen LogP contribution in [0.5, 0.6) is 11.6 Å². The van der Waals surface area contributed by atoms with E-state index in [2.05, 4.69) is 15.0 Å². The first kappa shape index (κ1) is 18.2. The van der Waals surface area contributed by atoms with Gasteiger partial charge < -0.3 is 19.4 Å². The molecule has 3 aromatic rings. The van der Waals surface area contributed by atoms with Crippen molar-refractivity contribution >= 4 is 17.0 Å². The summed E-state index contributed by atoms with van der Waals surface area (Å²) in [4.78, 5) is 25.3. The van der Waals surface area contributed by atoms with Gasteiger partial charge in [0, 0.05) is 35.3 Å². The third kappa shape index (κ3) is 3.62. The standard InChI is InChI=1S/C20H21FN4O3/c1-20(2,3)28-19(26)25-7-5-13-16(10-25)23-11-24-18(13)27-17-8-12-4-6-22-15(12)9-14(17)21/h4,6,8-9,11,22H,5,7,10H2,1-3H3. The summed E-state index contributed by atoms with van der Waals surface area (Å²) < 4.78 is 25.6. The Bertz CT molecular complexity index is 1040. The highest BCUT2D eigenvalue weighted by atomic mass is 19.1. The van der Waals surface area contributed by atoms with Crippen molar-refractivity contribution in [3.63, 3.8) is 0 Å². The van der Waals surface area contributed by atoms with Gasteiger partial charge in [-0.1, -0.05) is 0 Å². The maximum absolute atomic E-state index is 14.4. The van der Waals surface area contributed by atoms with Crippen molar-refractivity contribution in [3.05, 3.63) is 47.8 Å². The smallest absolute Gasteiger partial charge is 0.410 e. The Morgan fingerprint density at radius 2 is 2.11 bits per heavy atom. The second-order valence-corrected chi connectivity index (χ2v) is 7.71. The average Bonchev–Trinajstić information content (AvgIpc) is 3.07. The van der Waals surface area contributed by atoms with Crippen LogP contribution < -0.4 is 4.74 Å². The Kier molecular flexibility index (Phi) is 4.41. The molecule has 1 aliphatic rings. The number of amides is 1. The molecule has 8 heteroatoms. The van der Waals surface area contributed by atoms with Gasteiger partial charge in [-0.3, -0.25) is 0 Å². The Morgan fingerprint density at radius 3 is 2.89 bits per heavy atom. The van der Waals surface area contributed by atoms with Gasteiger partial charge in [0.05, 0.1) is 12.2 Å². The minimum absolute atomic E-state index is 0.0996. The molecular formula is C20H21FN4O3. The lowest BCUT2D eigenvalue weighted by molar-refractivity contribution is 0.0219. The predicted octanol–water partition coefficient (Wildman–Crippen LogP) is 4.18. The highest BCUT2D eigenvalue weighted by Crippen LogP contribution is 2.32. The molecule has 0 saturated heterocycles. The van der Waals surface area contributed by atoms with Crippen LogP contribution in [0.2, 0.25) is 0 Å². The molecule has 0 fully saturated rings. The molecule has 1 amide bonds. The van der Waals surface area contributed by atoms with Crippen LogP contribution in [-0.2, 0) is 17.7 Å². The Hall–Kier alpha value is -3.16. The van der Waals surface area contributed by atoms with E-state index in [1.807, 2.05) is 26.8 Å². The van der Waals surface area contributed by atoms with Gasteiger partial charge in [-0.2, -0.15) is 0 Å². The molecule has 1 aromatic carbocycles. The van der Waals surface area contributed by atoms with Crippen LogP contribution in [0.25, 0.3) is 10.9 Å². The molecule has 1 N–H and O–H groups in total. The predicted molar refractivity (Wildman–Crippen MR) is 101 cm³/mol. The van der Waals surface area contributed by atoms with E-state index in [0.29, 0.717) is 36.6 Å². The fraction of sp³-hybridized carbons (Fsp3) is 0.350. The second-order valence-electron chi connectivity index (χ2n) is 7.71. The number of hydrogen-bond acceptors (Lipinski definition) is 5. The summed E-state index contributed by atoms with van der Waals surface area (Å²) in [5.41, 5.74) is 1.58. The van der Waals surface area contributed by atoms with Crippen molar-refractivity contribution in [1.82, 2.24) is 19.9 Å². The first-order valence-corrected chi connectivity index (χ1v) is 9.05. The lowest BCUT2D eigenvalue weighted by Gasteiger charge is -2.30. The van der Waals surface area contributed by atoms with Crippen LogP contribution >= 0.6 is 0 Å². The Labute approximate surface area is 161 Å². The molecule has 3 heterocycles. The Morgan fingerprint density at radius 1 is 1.29 bits per heavy atom. The molecule has 0 spiro atoms. The molecule has 0 unspecified atom stereocenters. The second kappa shape index (κ2) is 6.78. The number of ether oxygens (including phenoxy) is 2. The summed E-state index contributed by atoms with van der Waals surface area (Å²) in [7, 11) is 0. The first-order valence-electron chi connectivity index (χ1n) is 9.05. The maximum Gasteiger partial charge on any atom is 0.410 e. The quantitative estimate of drug-likeness (QED) is 0.717. The van der Waals surface area contributed by atoms with Crippen molar-refractivity contribution in [2.24, 2.45) is 0 Å². The molecule has 7 nitrogen and oxygen atoms in total. The van der Waals surface area contributed by atoms with Gasteiger partial charge in [-0.25, -0.2) is 19.2 Å². The molecule has 0 radical (unpaired) electrons. The van der Waals surface area contributed by atoms with E-state index >= 15 is 0 Å². The molecule has 146 valence electrons. The number of halogens is 1. The van der Waals surface area contributed by atoms with E-state index in [1.165, 1.54) is 12.4 Å². The molecule has 0 saturated carbocycles. The lowest BCUT2D eigenvalue weighted by atomic mass is 10.1. The fourth-order valence-corrected chi connectivity index (χ4v) is 3.13. The molecule has 28 heavy (non-hydrogen) atoms. The van der Waals surface area contributed by atoms with Crippen molar-refractivity contribution in [2.45, 2.75) is 39.3 Å². The summed E-state index contributed by atoms with van der Waals surface area (Å²) in [5, 5.41) is 0.843. The number of carbonyl (C=O) groups is 1. The van der Waals surface area contributed by atoms with Gasteiger partial charge in [-0.15, -0.1) is 0 Å². The summed E-state index contributed by atoms with van der Waals surface area (Å²) in [6.45, 7) is 6.22. The van der Waals surface area contributed by atoms with Crippen molar-refractivity contribution in [2.75, 3.05) is 6.54 Å². The molecular weight excluding hydrogens is 363 g/mol. The van der Waals surface area contributed by atoms with Crippen LogP contribution in [0.1, 0.15) is 32.0 Å². The maximum atomic E-state index is 14.4. The van der Waals surface area contributed by atoms with E-state index in [-0.39, 0.29) is 11.8 Å². The summed E-state index contributed by atoms with van der Waals surface area (Å²) in [6, 6.07) is 4.86. The number of hydrogen-bond donors (Lipinski definition) is 1. The van der Waals surface area contributed by atoms with Crippen molar-refractivity contribution in [1.29, 1.82) is 0 Å². The van der Waals surface area contributed by atoms with Gasteiger partial charge in [0.25, 0.3) is 0 Å². The zero-order valence-electron chi connectivity index (χ0n) is 16.0. The largest absolute Gasteiger partial charge is 0.444 e. The first-order chi connectivity index (χ1) is 13.3. The number of benzene rings is 1. The van der Waals surface area contributed by atoms with Crippen LogP contribution in [0, 0.1) is 5.82 Å². The monoisotopic (exact) mass is 384 g/mol.